The Hall–Kier alpha value is -1.62. The van der Waals surface area contributed by atoms with Crippen LogP contribution in [0.25, 0.3) is 0 Å². The monoisotopic (exact) mass is 260 g/mol. The van der Waals surface area contributed by atoms with Crippen LogP contribution in [0, 0.1) is 6.92 Å². The molecular weight excluding hydrogens is 240 g/mol. The molecule has 5 heteroatoms. The van der Waals surface area contributed by atoms with Crippen LogP contribution in [0.2, 0.25) is 0 Å². The van der Waals surface area contributed by atoms with Gasteiger partial charge in [-0.05, 0) is 25.8 Å². The molecule has 0 bridgehead atoms. The van der Waals surface area contributed by atoms with Gasteiger partial charge in [0, 0.05) is 19.3 Å². The quantitative estimate of drug-likeness (QED) is 0.897. The summed E-state index contributed by atoms with van der Waals surface area (Å²) in [5.41, 5.74) is 2.24. The lowest BCUT2D eigenvalue weighted by atomic mass is 10.2. The van der Waals surface area contributed by atoms with Gasteiger partial charge in [-0.1, -0.05) is 12.8 Å². The lowest BCUT2D eigenvalue weighted by molar-refractivity contribution is 0.441. The second-order valence-corrected chi connectivity index (χ2v) is 5.16. The van der Waals surface area contributed by atoms with Crippen molar-refractivity contribution in [3.05, 3.63) is 35.8 Å². The van der Waals surface area contributed by atoms with E-state index in [9.17, 15) is 0 Å². The average molecular weight is 260 g/mol. The van der Waals surface area contributed by atoms with Gasteiger partial charge in [-0.25, -0.2) is 4.98 Å². The number of nitrogens with zero attached hydrogens (tertiary/aromatic N) is 3. The van der Waals surface area contributed by atoms with Gasteiger partial charge in [0.2, 0.25) is 0 Å². The van der Waals surface area contributed by atoms with Crippen LogP contribution in [0.5, 0.6) is 0 Å². The normalized spacial score (nSPS) is 16.3. The zero-order valence-corrected chi connectivity index (χ0v) is 11.3. The predicted molar refractivity (Wildman–Crippen MR) is 71.5 cm³/mol. The van der Waals surface area contributed by atoms with Crippen molar-refractivity contribution in [2.45, 2.75) is 51.7 Å². The number of hydrogen-bond acceptors (Lipinski definition) is 4. The van der Waals surface area contributed by atoms with Gasteiger partial charge in [0.1, 0.15) is 5.76 Å². The first-order chi connectivity index (χ1) is 9.34. The summed E-state index contributed by atoms with van der Waals surface area (Å²) in [6.07, 6.45) is 8.57. The van der Waals surface area contributed by atoms with E-state index in [2.05, 4.69) is 26.1 Å². The Balaban J connectivity index is 1.58. The summed E-state index contributed by atoms with van der Waals surface area (Å²) >= 11 is 0. The van der Waals surface area contributed by atoms with E-state index in [1.165, 1.54) is 37.8 Å². The number of nitrogens with one attached hydrogen (secondary N) is 1. The maximum Gasteiger partial charge on any atom is 0.181 e. The molecule has 19 heavy (non-hydrogen) atoms. The highest BCUT2D eigenvalue weighted by molar-refractivity contribution is 5.06. The third-order valence-corrected chi connectivity index (χ3v) is 3.87. The zero-order chi connectivity index (χ0) is 13.1. The summed E-state index contributed by atoms with van der Waals surface area (Å²) in [6.45, 7) is 3.49. The van der Waals surface area contributed by atoms with Crippen molar-refractivity contribution in [3.63, 3.8) is 0 Å². The second kappa shape index (κ2) is 5.57. The summed E-state index contributed by atoms with van der Waals surface area (Å²) in [5, 5.41) is 7.89. The minimum Gasteiger partial charge on any atom is -0.448 e. The van der Waals surface area contributed by atoms with Crippen LogP contribution in [0.4, 0.5) is 0 Å². The van der Waals surface area contributed by atoms with Crippen LogP contribution < -0.4 is 5.32 Å². The maximum absolute atomic E-state index is 5.19. The Morgan fingerprint density at radius 3 is 2.95 bits per heavy atom. The molecule has 2 aromatic heterocycles. The minimum absolute atomic E-state index is 0.598. The fraction of sp³-hybridized carbons (Fsp3) is 0.571. The number of oxazole rings is 1. The summed E-state index contributed by atoms with van der Waals surface area (Å²) < 4.78 is 7.38. The van der Waals surface area contributed by atoms with E-state index >= 15 is 0 Å². The van der Waals surface area contributed by atoms with E-state index in [4.69, 9.17) is 4.42 Å². The molecule has 2 heterocycles. The molecule has 1 fully saturated rings. The Bertz CT molecular complexity index is 525. The van der Waals surface area contributed by atoms with Crippen LogP contribution in [-0.2, 0) is 13.1 Å². The van der Waals surface area contributed by atoms with E-state index < -0.39 is 0 Å². The fourth-order valence-corrected chi connectivity index (χ4v) is 2.77. The van der Waals surface area contributed by atoms with Crippen LogP contribution in [0.15, 0.2) is 23.1 Å². The number of aromatic nitrogens is 3. The molecule has 5 nitrogen and oxygen atoms in total. The van der Waals surface area contributed by atoms with E-state index in [0.29, 0.717) is 6.04 Å². The summed E-state index contributed by atoms with van der Waals surface area (Å²) in [5.74, 6) is 0.886. The van der Waals surface area contributed by atoms with Gasteiger partial charge >= 0.3 is 0 Å². The minimum atomic E-state index is 0.598. The van der Waals surface area contributed by atoms with Gasteiger partial charge in [0.05, 0.1) is 17.4 Å². The van der Waals surface area contributed by atoms with Crippen molar-refractivity contribution in [2.75, 3.05) is 0 Å². The lowest BCUT2D eigenvalue weighted by Crippen LogP contribution is -2.18. The topological polar surface area (TPSA) is 55.9 Å². The summed E-state index contributed by atoms with van der Waals surface area (Å²) in [4.78, 5) is 4.18. The van der Waals surface area contributed by atoms with Gasteiger partial charge in [-0.2, -0.15) is 5.10 Å². The molecule has 0 atom stereocenters. The molecule has 3 rings (SSSR count). The second-order valence-electron chi connectivity index (χ2n) is 5.16. The van der Waals surface area contributed by atoms with E-state index in [1.807, 2.05) is 13.1 Å². The third kappa shape index (κ3) is 2.71. The van der Waals surface area contributed by atoms with E-state index in [0.717, 1.165) is 24.5 Å². The molecule has 0 spiro atoms. The number of rotatable bonds is 5. The predicted octanol–water partition coefficient (Wildman–Crippen LogP) is 2.58. The van der Waals surface area contributed by atoms with Crippen LogP contribution in [-0.4, -0.2) is 14.8 Å². The highest BCUT2D eigenvalue weighted by Crippen LogP contribution is 2.29. The van der Waals surface area contributed by atoms with Crippen molar-refractivity contribution in [2.24, 2.45) is 0 Å². The van der Waals surface area contributed by atoms with Gasteiger partial charge < -0.3 is 9.73 Å². The fourth-order valence-electron chi connectivity index (χ4n) is 2.77. The van der Waals surface area contributed by atoms with E-state index in [-0.39, 0.29) is 0 Å². The largest absolute Gasteiger partial charge is 0.448 e. The Labute approximate surface area is 113 Å². The molecular formula is C14H20N4O. The van der Waals surface area contributed by atoms with Crippen molar-refractivity contribution in [1.82, 2.24) is 20.1 Å². The van der Waals surface area contributed by atoms with E-state index in [1.54, 1.807) is 0 Å². The van der Waals surface area contributed by atoms with Crippen molar-refractivity contribution in [3.8, 4) is 0 Å². The maximum atomic E-state index is 5.19. The molecule has 2 aromatic rings. The molecule has 0 unspecified atom stereocenters. The smallest absolute Gasteiger partial charge is 0.181 e. The molecule has 1 aliphatic rings. The van der Waals surface area contributed by atoms with Crippen LogP contribution in [0.3, 0.4) is 0 Å². The molecule has 0 amide bonds. The van der Waals surface area contributed by atoms with Crippen molar-refractivity contribution < 1.29 is 4.42 Å². The Kier molecular flexibility index (Phi) is 3.64. The van der Waals surface area contributed by atoms with Gasteiger partial charge in [0.15, 0.2) is 6.39 Å². The molecule has 1 saturated carbocycles. The first-order valence-electron chi connectivity index (χ1n) is 6.96. The molecule has 0 aliphatic heterocycles. The third-order valence-electron chi connectivity index (χ3n) is 3.87. The van der Waals surface area contributed by atoms with Crippen LogP contribution in [0.1, 0.15) is 48.9 Å². The highest BCUT2D eigenvalue weighted by Gasteiger charge is 2.19. The molecule has 0 radical (unpaired) electrons. The summed E-state index contributed by atoms with van der Waals surface area (Å²) in [7, 11) is 0. The van der Waals surface area contributed by atoms with Crippen molar-refractivity contribution in [1.29, 1.82) is 0 Å². The first kappa shape index (κ1) is 12.4. The van der Waals surface area contributed by atoms with Crippen molar-refractivity contribution >= 4 is 0 Å². The first-order valence-corrected chi connectivity index (χ1v) is 6.96. The Morgan fingerprint density at radius 1 is 1.37 bits per heavy atom. The number of hydrogen-bond donors (Lipinski definition) is 1. The molecule has 1 aliphatic carbocycles. The Morgan fingerprint density at radius 2 is 2.21 bits per heavy atom. The highest BCUT2D eigenvalue weighted by atomic mass is 16.3. The zero-order valence-electron chi connectivity index (χ0n) is 11.3. The average Bonchev–Trinajstić information content (AvgIpc) is 3.11. The number of aryl methyl sites for hydroxylation is 1. The van der Waals surface area contributed by atoms with Gasteiger partial charge in [-0.3, -0.25) is 4.68 Å². The standard InChI is InChI=1S/C14H20N4O/c1-11-14(16-10-19-11)9-15-8-13-6-7-17-18(13)12-4-2-3-5-12/h6-7,10,12,15H,2-5,8-9H2,1H3. The summed E-state index contributed by atoms with van der Waals surface area (Å²) in [6, 6.07) is 2.70. The van der Waals surface area contributed by atoms with Crippen LogP contribution >= 0.6 is 0 Å². The molecule has 102 valence electrons. The molecule has 0 saturated heterocycles. The molecule has 1 N–H and O–H groups in total. The lowest BCUT2D eigenvalue weighted by Gasteiger charge is -2.14. The van der Waals surface area contributed by atoms with Gasteiger partial charge in [-0.15, -0.1) is 0 Å². The van der Waals surface area contributed by atoms with Gasteiger partial charge in [0.25, 0.3) is 0 Å². The SMILES string of the molecule is Cc1ocnc1CNCc1ccnn1C1CCCC1. The molecule has 0 aromatic carbocycles.